The van der Waals surface area contributed by atoms with Crippen LogP contribution in [0.5, 0.6) is 0 Å². The molecule has 14 heavy (non-hydrogen) atoms. The minimum Gasteiger partial charge on any atom is -0.462 e. The third-order valence-corrected chi connectivity index (χ3v) is 2.68. The highest BCUT2D eigenvalue weighted by Crippen LogP contribution is 2.18. The van der Waals surface area contributed by atoms with Crippen molar-refractivity contribution in [3.63, 3.8) is 0 Å². The highest BCUT2D eigenvalue weighted by molar-refractivity contribution is 7.14. The topological polar surface area (TPSA) is 26.3 Å². The van der Waals surface area contributed by atoms with E-state index in [1.54, 1.807) is 13.0 Å². The Hall–Kier alpha value is -0.800. The largest absolute Gasteiger partial charge is 0.462 e. The van der Waals surface area contributed by atoms with Crippen molar-refractivity contribution in [3.8, 4) is 0 Å². The maximum atomic E-state index is 11.3. The Bertz CT molecular complexity index is 331. The van der Waals surface area contributed by atoms with E-state index >= 15 is 0 Å². The molecule has 0 atom stereocenters. The predicted octanol–water partition coefficient (Wildman–Crippen LogP) is 3.18. The number of alkyl halides is 1. The van der Waals surface area contributed by atoms with Gasteiger partial charge in [-0.25, -0.2) is 4.79 Å². The van der Waals surface area contributed by atoms with Gasteiger partial charge in [0.2, 0.25) is 0 Å². The number of carbonyl (C=O) groups excluding carboxylic acids is 1. The van der Waals surface area contributed by atoms with Crippen LogP contribution in [0.15, 0.2) is 18.2 Å². The summed E-state index contributed by atoms with van der Waals surface area (Å²) in [6.45, 7) is 2.20. The van der Waals surface area contributed by atoms with E-state index in [9.17, 15) is 4.79 Å². The second-order valence-electron chi connectivity index (χ2n) is 2.48. The fraction of sp³-hybridized carbons (Fsp3) is 0.300. The summed E-state index contributed by atoms with van der Waals surface area (Å²) in [6.07, 6.45) is 3.72. The second kappa shape index (κ2) is 5.83. The summed E-state index contributed by atoms with van der Waals surface area (Å²) in [4.78, 5) is 12.9. The molecule has 1 aromatic rings. The smallest absolute Gasteiger partial charge is 0.348 e. The van der Waals surface area contributed by atoms with Gasteiger partial charge in [0.1, 0.15) is 4.88 Å². The highest BCUT2D eigenvalue weighted by Gasteiger charge is 2.08. The van der Waals surface area contributed by atoms with Gasteiger partial charge in [-0.05, 0) is 25.1 Å². The SMILES string of the molecule is CCOC(=O)c1ccc(C=CCCl)s1. The van der Waals surface area contributed by atoms with Crippen molar-refractivity contribution in [1.82, 2.24) is 0 Å². The summed E-state index contributed by atoms with van der Waals surface area (Å²) < 4.78 is 4.87. The quantitative estimate of drug-likeness (QED) is 0.587. The van der Waals surface area contributed by atoms with Crippen LogP contribution in [-0.2, 0) is 4.74 Å². The summed E-state index contributed by atoms with van der Waals surface area (Å²) in [5.74, 6) is 0.218. The lowest BCUT2D eigenvalue weighted by atomic mass is 10.4. The van der Waals surface area contributed by atoms with Gasteiger partial charge in [0.25, 0.3) is 0 Å². The van der Waals surface area contributed by atoms with Gasteiger partial charge in [-0.2, -0.15) is 0 Å². The van der Waals surface area contributed by atoms with Crippen LogP contribution in [-0.4, -0.2) is 18.5 Å². The van der Waals surface area contributed by atoms with Crippen LogP contribution >= 0.6 is 22.9 Å². The summed E-state index contributed by atoms with van der Waals surface area (Å²) >= 11 is 6.90. The molecule has 0 radical (unpaired) electrons. The molecule has 4 heteroatoms. The third kappa shape index (κ3) is 3.16. The number of halogens is 1. The van der Waals surface area contributed by atoms with E-state index in [1.807, 2.05) is 18.2 Å². The molecule has 0 spiro atoms. The zero-order chi connectivity index (χ0) is 10.4. The van der Waals surface area contributed by atoms with Gasteiger partial charge in [0.05, 0.1) is 6.61 Å². The van der Waals surface area contributed by atoms with Crippen molar-refractivity contribution in [3.05, 3.63) is 28.0 Å². The Kier molecular flexibility index (Phi) is 4.70. The van der Waals surface area contributed by atoms with E-state index in [4.69, 9.17) is 16.3 Å². The van der Waals surface area contributed by atoms with Crippen molar-refractivity contribution in [2.45, 2.75) is 6.92 Å². The first-order valence-electron chi connectivity index (χ1n) is 4.27. The predicted molar refractivity (Wildman–Crippen MR) is 60.0 cm³/mol. The van der Waals surface area contributed by atoms with E-state index in [0.717, 1.165) is 4.88 Å². The monoisotopic (exact) mass is 230 g/mol. The Balaban J connectivity index is 2.67. The average Bonchev–Trinajstić information content (AvgIpc) is 2.63. The molecule has 1 aromatic heterocycles. The molecule has 76 valence electrons. The van der Waals surface area contributed by atoms with Gasteiger partial charge < -0.3 is 4.74 Å². The van der Waals surface area contributed by atoms with Gasteiger partial charge >= 0.3 is 5.97 Å². The van der Waals surface area contributed by atoms with Crippen LogP contribution < -0.4 is 0 Å². The fourth-order valence-corrected chi connectivity index (χ4v) is 1.84. The molecule has 0 aliphatic carbocycles. The van der Waals surface area contributed by atoms with Crippen LogP contribution in [0.4, 0.5) is 0 Å². The molecule has 0 aliphatic rings. The number of ether oxygens (including phenoxy) is 1. The van der Waals surface area contributed by atoms with Crippen molar-refractivity contribution in [1.29, 1.82) is 0 Å². The molecule has 0 N–H and O–H groups in total. The molecule has 1 heterocycles. The van der Waals surface area contributed by atoms with E-state index in [0.29, 0.717) is 17.4 Å². The van der Waals surface area contributed by atoms with Crippen LogP contribution in [0, 0.1) is 0 Å². The Morgan fingerprint density at radius 1 is 1.64 bits per heavy atom. The summed E-state index contributed by atoms with van der Waals surface area (Å²) in [5.41, 5.74) is 0. The number of esters is 1. The van der Waals surface area contributed by atoms with Gasteiger partial charge in [-0.3, -0.25) is 0 Å². The van der Waals surface area contributed by atoms with Gasteiger partial charge in [0.15, 0.2) is 0 Å². The number of thiophene rings is 1. The Morgan fingerprint density at radius 2 is 2.43 bits per heavy atom. The molecule has 0 fully saturated rings. The van der Waals surface area contributed by atoms with E-state index in [-0.39, 0.29) is 5.97 Å². The molecule has 0 amide bonds. The fourth-order valence-electron chi connectivity index (χ4n) is 0.915. The number of rotatable bonds is 4. The van der Waals surface area contributed by atoms with E-state index in [2.05, 4.69) is 0 Å². The molecule has 2 nitrogen and oxygen atoms in total. The average molecular weight is 231 g/mol. The molecule has 0 bridgehead atoms. The Morgan fingerprint density at radius 3 is 3.07 bits per heavy atom. The summed E-state index contributed by atoms with van der Waals surface area (Å²) in [7, 11) is 0. The minimum absolute atomic E-state index is 0.261. The normalized spacial score (nSPS) is 10.7. The van der Waals surface area contributed by atoms with Gasteiger partial charge in [0, 0.05) is 10.8 Å². The van der Waals surface area contributed by atoms with Gasteiger partial charge in [-0.1, -0.05) is 6.08 Å². The zero-order valence-corrected chi connectivity index (χ0v) is 9.40. The van der Waals surface area contributed by atoms with Crippen molar-refractivity contribution in [2.75, 3.05) is 12.5 Å². The van der Waals surface area contributed by atoms with E-state index < -0.39 is 0 Å². The maximum Gasteiger partial charge on any atom is 0.348 e. The lowest BCUT2D eigenvalue weighted by Gasteiger charge is -1.96. The first-order chi connectivity index (χ1) is 6.77. The van der Waals surface area contributed by atoms with Crippen molar-refractivity contribution >= 4 is 35.0 Å². The number of carbonyl (C=O) groups is 1. The number of allylic oxidation sites excluding steroid dienone is 1. The maximum absolute atomic E-state index is 11.3. The first-order valence-corrected chi connectivity index (χ1v) is 5.62. The van der Waals surface area contributed by atoms with Crippen molar-refractivity contribution < 1.29 is 9.53 Å². The second-order valence-corrected chi connectivity index (χ2v) is 3.90. The minimum atomic E-state index is -0.261. The highest BCUT2D eigenvalue weighted by atomic mass is 35.5. The molecular formula is C10H11ClO2S. The van der Waals surface area contributed by atoms with Crippen LogP contribution in [0.3, 0.4) is 0 Å². The lowest BCUT2D eigenvalue weighted by Crippen LogP contribution is -2.01. The first kappa shape index (κ1) is 11.3. The van der Waals surface area contributed by atoms with E-state index in [1.165, 1.54) is 11.3 Å². The van der Waals surface area contributed by atoms with Crippen LogP contribution in [0.2, 0.25) is 0 Å². The van der Waals surface area contributed by atoms with Crippen LogP contribution in [0.25, 0.3) is 6.08 Å². The van der Waals surface area contributed by atoms with Crippen LogP contribution in [0.1, 0.15) is 21.5 Å². The van der Waals surface area contributed by atoms with Gasteiger partial charge in [-0.15, -0.1) is 22.9 Å². The van der Waals surface area contributed by atoms with Crippen molar-refractivity contribution in [2.24, 2.45) is 0 Å². The Labute approximate surface area is 92.2 Å². The molecule has 0 aliphatic heterocycles. The molecule has 0 unspecified atom stereocenters. The molecule has 1 rings (SSSR count). The number of hydrogen-bond acceptors (Lipinski definition) is 3. The lowest BCUT2D eigenvalue weighted by molar-refractivity contribution is 0.0532. The zero-order valence-electron chi connectivity index (χ0n) is 7.83. The molecule has 0 saturated heterocycles. The standard InChI is InChI=1S/C10H11ClO2S/c1-2-13-10(12)9-6-5-8(14-9)4-3-7-11/h3-6H,2,7H2,1H3. The summed E-state index contributed by atoms with van der Waals surface area (Å²) in [6, 6.07) is 3.64. The molecule has 0 aromatic carbocycles. The third-order valence-electron chi connectivity index (χ3n) is 1.47. The molecular weight excluding hydrogens is 220 g/mol. The molecule has 0 saturated carbocycles. The summed E-state index contributed by atoms with van der Waals surface area (Å²) in [5, 5.41) is 0. The number of hydrogen-bond donors (Lipinski definition) is 0.